The summed E-state index contributed by atoms with van der Waals surface area (Å²) in [6, 6.07) is 10.1. The average molecular weight is 527 g/mol. The average Bonchev–Trinajstić information content (AvgIpc) is 3.11. The first-order valence-corrected chi connectivity index (χ1v) is 10.7. The minimum absolute atomic E-state index is 0.0493. The van der Waals surface area contributed by atoms with E-state index in [1.165, 1.54) is 49.6 Å². The lowest BCUT2D eigenvalue weighted by Gasteiger charge is -2.32. The largest absolute Gasteiger partial charge is 0.573 e. The Morgan fingerprint density at radius 3 is 2.44 bits per heavy atom. The van der Waals surface area contributed by atoms with Gasteiger partial charge in [0.25, 0.3) is 0 Å². The zero-order chi connectivity index (χ0) is 26.4. The molecule has 190 valence electrons. The number of alkyl halides is 3. The highest BCUT2D eigenvalue weighted by atomic mass is 35.5. The zero-order valence-corrected chi connectivity index (χ0v) is 19.3. The summed E-state index contributed by atoms with van der Waals surface area (Å²) in [5.41, 5.74) is 8.32. The number of methoxy groups -OCH3 is 1. The summed E-state index contributed by atoms with van der Waals surface area (Å²) in [5, 5.41) is 11.4. The lowest BCUT2D eigenvalue weighted by atomic mass is 9.82. The molecule has 36 heavy (non-hydrogen) atoms. The fourth-order valence-corrected chi connectivity index (χ4v) is 4.59. The van der Waals surface area contributed by atoms with Crippen LogP contribution < -0.4 is 25.7 Å². The minimum atomic E-state index is -5.04. The third kappa shape index (κ3) is 4.08. The molecule has 4 rings (SSSR count). The van der Waals surface area contributed by atoms with Gasteiger partial charge in [0, 0.05) is 33.8 Å². The van der Waals surface area contributed by atoms with E-state index in [0.717, 1.165) is 6.07 Å². The van der Waals surface area contributed by atoms with Gasteiger partial charge in [-0.05, 0) is 30.3 Å². The van der Waals surface area contributed by atoms with E-state index in [9.17, 15) is 23.1 Å². The van der Waals surface area contributed by atoms with Crippen molar-refractivity contribution in [3.63, 3.8) is 0 Å². The predicted molar refractivity (Wildman–Crippen MR) is 121 cm³/mol. The van der Waals surface area contributed by atoms with E-state index in [1.807, 2.05) is 0 Å². The van der Waals surface area contributed by atoms with Crippen LogP contribution in [0.15, 0.2) is 48.5 Å². The third-order valence-electron chi connectivity index (χ3n) is 5.88. The first-order chi connectivity index (χ1) is 16.9. The molecule has 0 saturated heterocycles. The summed E-state index contributed by atoms with van der Waals surface area (Å²) >= 11 is 6.42. The number of primary amides is 1. The summed E-state index contributed by atoms with van der Waals surface area (Å²) in [4.78, 5) is 12.2. The zero-order valence-electron chi connectivity index (χ0n) is 18.5. The highest BCUT2D eigenvalue weighted by Crippen LogP contribution is 2.56. The van der Waals surface area contributed by atoms with Crippen LogP contribution in [0.25, 0.3) is 11.1 Å². The Bertz CT molecular complexity index is 1350. The highest BCUT2D eigenvalue weighted by molar-refractivity contribution is 6.34. The molecule has 7 nitrogen and oxygen atoms in total. The molecule has 0 unspecified atom stereocenters. The normalized spacial score (nSPS) is 18.9. The number of fused-ring (bicyclic) bond motifs is 1. The van der Waals surface area contributed by atoms with E-state index >= 15 is 4.39 Å². The number of hydrogen-bond acceptors (Lipinski definition) is 6. The number of aliphatic hydroxyl groups excluding tert-OH is 1. The van der Waals surface area contributed by atoms with Gasteiger partial charge in [0.1, 0.15) is 17.6 Å². The van der Waals surface area contributed by atoms with Crippen LogP contribution in [0.4, 0.5) is 17.6 Å². The molecule has 1 aliphatic rings. The molecular formula is C24H19ClF4N2O5. The number of halogens is 5. The molecule has 2 atom stereocenters. The number of para-hydroxylation sites is 1. The van der Waals surface area contributed by atoms with Crippen molar-refractivity contribution < 1.29 is 41.7 Å². The number of aliphatic hydroxyl groups is 1. The fourth-order valence-electron chi connectivity index (χ4n) is 4.33. The standard InChI is InChI=1S/C24H19ClF4N2O5/c1-34-16-8-6-11(22(31)33)17(20(16)26)18-13(25)7-9-15-19(18)21(32)23(10-30,35-15)12-4-2-3-5-14(12)36-24(27,28)29/h2-9,21,32H,10,30H2,1H3,(H2,31,33)/t21-,23+/m1/s1. The summed E-state index contributed by atoms with van der Waals surface area (Å²) in [6.07, 6.45) is -6.81. The van der Waals surface area contributed by atoms with Gasteiger partial charge in [-0.25, -0.2) is 4.39 Å². The fraction of sp³-hybridized carbons (Fsp3) is 0.208. The second kappa shape index (κ2) is 9.16. The second-order valence-electron chi connectivity index (χ2n) is 7.84. The number of hydrogen-bond donors (Lipinski definition) is 3. The monoisotopic (exact) mass is 526 g/mol. The van der Waals surface area contributed by atoms with Crippen molar-refractivity contribution in [1.29, 1.82) is 0 Å². The van der Waals surface area contributed by atoms with E-state index in [1.54, 1.807) is 0 Å². The van der Waals surface area contributed by atoms with Gasteiger partial charge in [0.15, 0.2) is 17.2 Å². The van der Waals surface area contributed by atoms with Crippen molar-refractivity contribution in [3.05, 3.63) is 76.1 Å². The number of nitrogens with two attached hydrogens (primary N) is 2. The van der Waals surface area contributed by atoms with Gasteiger partial charge >= 0.3 is 6.36 Å². The predicted octanol–water partition coefficient (Wildman–Crippen LogP) is 4.43. The number of rotatable bonds is 6. The number of carbonyl (C=O) groups is 1. The van der Waals surface area contributed by atoms with E-state index in [2.05, 4.69) is 4.74 Å². The van der Waals surface area contributed by atoms with Crippen LogP contribution in [0, 0.1) is 5.82 Å². The Morgan fingerprint density at radius 1 is 1.14 bits per heavy atom. The third-order valence-corrected chi connectivity index (χ3v) is 6.19. The molecule has 1 amide bonds. The van der Waals surface area contributed by atoms with Crippen molar-refractivity contribution in [3.8, 4) is 28.4 Å². The van der Waals surface area contributed by atoms with E-state index < -0.39 is 42.1 Å². The molecule has 0 radical (unpaired) electrons. The van der Waals surface area contributed by atoms with Crippen LogP contribution in [0.5, 0.6) is 17.2 Å². The van der Waals surface area contributed by atoms with Crippen LogP contribution in [0.3, 0.4) is 0 Å². The molecule has 12 heteroatoms. The smallest absolute Gasteiger partial charge is 0.494 e. The number of ether oxygens (including phenoxy) is 3. The lowest BCUT2D eigenvalue weighted by molar-refractivity contribution is -0.275. The summed E-state index contributed by atoms with van der Waals surface area (Å²) in [5.74, 6) is -2.94. The second-order valence-corrected chi connectivity index (χ2v) is 8.25. The van der Waals surface area contributed by atoms with Gasteiger partial charge in [-0.2, -0.15) is 0 Å². The van der Waals surface area contributed by atoms with E-state index in [4.69, 9.17) is 32.5 Å². The number of benzene rings is 3. The summed E-state index contributed by atoms with van der Waals surface area (Å²) in [7, 11) is 1.21. The van der Waals surface area contributed by atoms with Crippen molar-refractivity contribution in [1.82, 2.24) is 0 Å². The topological polar surface area (TPSA) is 117 Å². The molecular weight excluding hydrogens is 508 g/mol. The molecule has 0 spiro atoms. The Hall–Kier alpha value is -3.54. The van der Waals surface area contributed by atoms with Gasteiger partial charge in [0.2, 0.25) is 5.91 Å². The maximum Gasteiger partial charge on any atom is 0.573 e. The molecule has 0 aliphatic carbocycles. The van der Waals surface area contributed by atoms with Crippen molar-refractivity contribution in [2.45, 2.75) is 18.1 Å². The molecule has 1 heterocycles. The molecule has 0 saturated carbocycles. The van der Waals surface area contributed by atoms with Crippen LogP contribution in [0.2, 0.25) is 5.02 Å². The van der Waals surface area contributed by atoms with Gasteiger partial charge in [-0.15, -0.1) is 13.2 Å². The molecule has 3 aromatic carbocycles. The molecule has 0 aromatic heterocycles. The molecule has 1 aliphatic heterocycles. The number of amides is 1. The molecule has 0 fully saturated rings. The van der Waals surface area contributed by atoms with Gasteiger partial charge in [-0.1, -0.05) is 29.8 Å². The minimum Gasteiger partial charge on any atom is -0.494 e. The quantitative estimate of drug-likeness (QED) is 0.409. The molecule has 3 aromatic rings. The van der Waals surface area contributed by atoms with Gasteiger partial charge in [-0.3, -0.25) is 4.79 Å². The highest BCUT2D eigenvalue weighted by Gasteiger charge is 2.52. The molecule has 5 N–H and O–H groups in total. The first-order valence-electron chi connectivity index (χ1n) is 10.4. The van der Waals surface area contributed by atoms with Gasteiger partial charge < -0.3 is 30.8 Å². The van der Waals surface area contributed by atoms with Gasteiger partial charge in [0.05, 0.1) is 12.7 Å². The van der Waals surface area contributed by atoms with Crippen LogP contribution in [-0.2, 0) is 5.60 Å². The van der Waals surface area contributed by atoms with Crippen molar-refractivity contribution in [2.24, 2.45) is 11.5 Å². The van der Waals surface area contributed by atoms with Crippen LogP contribution in [0.1, 0.15) is 27.6 Å². The van der Waals surface area contributed by atoms with Crippen molar-refractivity contribution >= 4 is 17.5 Å². The Morgan fingerprint density at radius 2 is 1.83 bits per heavy atom. The van der Waals surface area contributed by atoms with Crippen molar-refractivity contribution in [2.75, 3.05) is 13.7 Å². The Kier molecular flexibility index (Phi) is 6.50. The van der Waals surface area contributed by atoms with Crippen LogP contribution in [-0.4, -0.2) is 31.0 Å². The lowest BCUT2D eigenvalue weighted by Crippen LogP contribution is -2.43. The Labute approximate surface area is 207 Å². The summed E-state index contributed by atoms with van der Waals surface area (Å²) < 4.78 is 69.9. The maximum atomic E-state index is 15.5. The SMILES string of the molecule is COc1ccc(C(N)=O)c(-c2c(Cl)ccc3c2[C@@H](O)[C@](CN)(c2ccccc2OC(F)(F)F)O3)c1F. The number of carbonyl (C=O) groups excluding carboxylic acids is 1. The van der Waals surface area contributed by atoms with E-state index in [0.29, 0.717) is 0 Å². The first kappa shape index (κ1) is 25.5. The Balaban J connectivity index is 1.99. The summed E-state index contributed by atoms with van der Waals surface area (Å²) in [6.45, 7) is -0.512. The maximum absolute atomic E-state index is 15.5. The van der Waals surface area contributed by atoms with E-state index in [-0.39, 0.29) is 44.3 Å². The molecule has 0 bridgehead atoms. The van der Waals surface area contributed by atoms with Crippen LogP contribution >= 0.6 is 11.6 Å².